The van der Waals surface area contributed by atoms with Crippen molar-refractivity contribution in [3.63, 3.8) is 0 Å². The number of hydrogen-bond acceptors (Lipinski definition) is 5. The van der Waals surface area contributed by atoms with E-state index in [4.69, 9.17) is 0 Å². The highest BCUT2D eigenvalue weighted by molar-refractivity contribution is 7.99. The van der Waals surface area contributed by atoms with Gasteiger partial charge in [-0.2, -0.15) is 0 Å². The van der Waals surface area contributed by atoms with Gasteiger partial charge in [0.15, 0.2) is 5.82 Å². The Morgan fingerprint density at radius 1 is 1.11 bits per heavy atom. The van der Waals surface area contributed by atoms with Crippen molar-refractivity contribution in [1.29, 1.82) is 0 Å². The zero-order valence-corrected chi connectivity index (χ0v) is 15.5. The van der Waals surface area contributed by atoms with Crippen LogP contribution in [0.15, 0.2) is 59.8 Å². The Morgan fingerprint density at radius 2 is 1.93 bits per heavy atom. The lowest BCUT2D eigenvalue weighted by Crippen LogP contribution is -2.23. The summed E-state index contributed by atoms with van der Waals surface area (Å²) in [6.07, 6.45) is 0. The summed E-state index contributed by atoms with van der Waals surface area (Å²) >= 11 is 1.24. The SMILES string of the molecule is CCNC(=O)c1cccc(NC(=O)CSc2n[nH]c(-c3ccccc3)n2)c1. The summed E-state index contributed by atoms with van der Waals surface area (Å²) in [6.45, 7) is 2.40. The van der Waals surface area contributed by atoms with E-state index in [0.29, 0.717) is 28.8 Å². The second-order valence-corrected chi connectivity index (χ2v) is 6.55. The predicted molar refractivity (Wildman–Crippen MR) is 106 cm³/mol. The Morgan fingerprint density at radius 3 is 2.70 bits per heavy atom. The van der Waals surface area contributed by atoms with Gasteiger partial charge in [0.25, 0.3) is 5.91 Å². The first kappa shape index (κ1) is 18.7. The molecule has 0 atom stereocenters. The monoisotopic (exact) mass is 381 g/mol. The number of thioether (sulfide) groups is 1. The molecular formula is C19H19N5O2S. The van der Waals surface area contributed by atoms with Crippen LogP contribution >= 0.6 is 11.8 Å². The van der Waals surface area contributed by atoms with Crippen LogP contribution < -0.4 is 10.6 Å². The van der Waals surface area contributed by atoms with Crippen LogP contribution in [0.4, 0.5) is 5.69 Å². The van der Waals surface area contributed by atoms with Crippen molar-refractivity contribution >= 4 is 29.3 Å². The largest absolute Gasteiger partial charge is 0.352 e. The third-order valence-corrected chi connectivity index (χ3v) is 4.44. The van der Waals surface area contributed by atoms with Crippen LogP contribution in [0.1, 0.15) is 17.3 Å². The number of aromatic nitrogens is 3. The second-order valence-electron chi connectivity index (χ2n) is 5.61. The third kappa shape index (κ3) is 5.18. The smallest absolute Gasteiger partial charge is 0.251 e. The molecule has 2 amide bonds. The summed E-state index contributed by atoms with van der Waals surface area (Å²) in [7, 11) is 0. The molecule has 3 N–H and O–H groups in total. The molecule has 1 heterocycles. The van der Waals surface area contributed by atoms with Crippen molar-refractivity contribution in [3.05, 3.63) is 60.2 Å². The van der Waals surface area contributed by atoms with E-state index in [1.165, 1.54) is 11.8 Å². The van der Waals surface area contributed by atoms with E-state index in [2.05, 4.69) is 25.8 Å². The Bertz CT molecular complexity index is 927. The highest BCUT2D eigenvalue weighted by Crippen LogP contribution is 2.19. The lowest BCUT2D eigenvalue weighted by atomic mass is 10.2. The molecule has 3 rings (SSSR count). The maximum Gasteiger partial charge on any atom is 0.251 e. The van der Waals surface area contributed by atoms with Crippen molar-refractivity contribution in [2.75, 3.05) is 17.6 Å². The molecule has 0 radical (unpaired) electrons. The molecule has 0 saturated heterocycles. The molecular weight excluding hydrogens is 362 g/mol. The number of benzene rings is 2. The summed E-state index contributed by atoms with van der Waals surface area (Å²) in [6, 6.07) is 16.5. The average molecular weight is 381 g/mol. The molecule has 1 aromatic heterocycles. The van der Waals surface area contributed by atoms with Gasteiger partial charge in [-0.3, -0.25) is 14.7 Å². The average Bonchev–Trinajstić information content (AvgIpc) is 3.17. The van der Waals surface area contributed by atoms with Crippen LogP contribution in [0, 0.1) is 0 Å². The van der Waals surface area contributed by atoms with Gasteiger partial charge in [0.05, 0.1) is 5.75 Å². The maximum atomic E-state index is 12.2. The van der Waals surface area contributed by atoms with Crippen molar-refractivity contribution < 1.29 is 9.59 Å². The topological polar surface area (TPSA) is 99.8 Å². The van der Waals surface area contributed by atoms with E-state index in [0.717, 1.165) is 5.56 Å². The number of hydrogen-bond donors (Lipinski definition) is 3. The Balaban J connectivity index is 1.55. The number of amides is 2. The molecule has 3 aromatic rings. The Labute approximate surface area is 161 Å². The summed E-state index contributed by atoms with van der Waals surface area (Å²) < 4.78 is 0. The van der Waals surface area contributed by atoms with Gasteiger partial charge in [0.2, 0.25) is 11.1 Å². The van der Waals surface area contributed by atoms with E-state index in [9.17, 15) is 9.59 Å². The number of nitrogens with one attached hydrogen (secondary N) is 3. The molecule has 0 aliphatic rings. The van der Waals surface area contributed by atoms with Crippen molar-refractivity contribution in [3.8, 4) is 11.4 Å². The highest BCUT2D eigenvalue weighted by atomic mass is 32.2. The molecule has 0 unspecified atom stereocenters. The van der Waals surface area contributed by atoms with Gasteiger partial charge < -0.3 is 10.6 Å². The van der Waals surface area contributed by atoms with Gasteiger partial charge in [-0.25, -0.2) is 4.98 Å². The molecule has 0 aliphatic heterocycles. The lowest BCUT2D eigenvalue weighted by molar-refractivity contribution is -0.113. The van der Waals surface area contributed by atoms with E-state index >= 15 is 0 Å². The molecule has 27 heavy (non-hydrogen) atoms. The Kier molecular flexibility index (Phi) is 6.22. The number of anilines is 1. The minimum atomic E-state index is -0.195. The Hall–Kier alpha value is -3.13. The summed E-state index contributed by atoms with van der Waals surface area (Å²) in [5, 5.41) is 13.0. The van der Waals surface area contributed by atoms with Crippen LogP contribution in [-0.4, -0.2) is 39.3 Å². The summed E-state index contributed by atoms with van der Waals surface area (Å²) in [5.74, 6) is 0.460. The molecule has 0 spiro atoms. The zero-order chi connectivity index (χ0) is 19.1. The number of aromatic amines is 1. The van der Waals surface area contributed by atoms with E-state index < -0.39 is 0 Å². The van der Waals surface area contributed by atoms with E-state index in [1.54, 1.807) is 24.3 Å². The molecule has 0 saturated carbocycles. The number of carbonyl (C=O) groups is 2. The molecule has 0 fully saturated rings. The molecule has 7 nitrogen and oxygen atoms in total. The first-order chi connectivity index (χ1) is 13.2. The van der Waals surface area contributed by atoms with Gasteiger partial charge in [0.1, 0.15) is 0 Å². The summed E-state index contributed by atoms with van der Waals surface area (Å²) in [4.78, 5) is 28.4. The first-order valence-corrected chi connectivity index (χ1v) is 9.43. The maximum absolute atomic E-state index is 12.2. The van der Waals surface area contributed by atoms with Crippen molar-refractivity contribution in [1.82, 2.24) is 20.5 Å². The minimum absolute atomic E-state index is 0.164. The third-order valence-electron chi connectivity index (χ3n) is 3.59. The number of carbonyl (C=O) groups excluding carboxylic acids is 2. The number of nitrogens with zero attached hydrogens (tertiary/aromatic N) is 2. The molecule has 138 valence electrons. The standard InChI is InChI=1S/C19H19N5O2S/c1-2-20-18(26)14-9-6-10-15(11-14)21-16(25)12-27-19-22-17(23-24-19)13-7-4-3-5-8-13/h3-11H,2,12H2,1H3,(H,20,26)(H,21,25)(H,22,23,24). The van der Waals surface area contributed by atoms with Gasteiger partial charge in [-0.05, 0) is 25.1 Å². The van der Waals surface area contributed by atoms with Gasteiger partial charge in [-0.1, -0.05) is 48.2 Å². The van der Waals surface area contributed by atoms with Crippen LogP contribution in [0.3, 0.4) is 0 Å². The van der Waals surface area contributed by atoms with Gasteiger partial charge in [-0.15, -0.1) is 5.10 Å². The van der Waals surface area contributed by atoms with Gasteiger partial charge in [0, 0.05) is 23.4 Å². The molecule has 8 heteroatoms. The summed E-state index contributed by atoms with van der Waals surface area (Å²) in [5.41, 5.74) is 2.01. The molecule has 2 aromatic carbocycles. The van der Waals surface area contributed by atoms with Crippen LogP contribution in [0.5, 0.6) is 0 Å². The van der Waals surface area contributed by atoms with Gasteiger partial charge >= 0.3 is 0 Å². The first-order valence-electron chi connectivity index (χ1n) is 8.44. The van der Waals surface area contributed by atoms with Crippen molar-refractivity contribution in [2.24, 2.45) is 0 Å². The minimum Gasteiger partial charge on any atom is -0.352 e. The van der Waals surface area contributed by atoms with Crippen LogP contribution in [-0.2, 0) is 4.79 Å². The quantitative estimate of drug-likeness (QED) is 0.547. The molecule has 0 aliphatic carbocycles. The fraction of sp³-hybridized carbons (Fsp3) is 0.158. The highest BCUT2D eigenvalue weighted by Gasteiger charge is 2.10. The van der Waals surface area contributed by atoms with E-state index in [-0.39, 0.29) is 17.6 Å². The normalized spacial score (nSPS) is 10.4. The number of rotatable bonds is 7. The number of H-pyrrole nitrogens is 1. The predicted octanol–water partition coefficient (Wildman–Crippen LogP) is 2.95. The zero-order valence-electron chi connectivity index (χ0n) is 14.7. The lowest BCUT2D eigenvalue weighted by Gasteiger charge is -2.07. The van der Waals surface area contributed by atoms with Crippen LogP contribution in [0.2, 0.25) is 0 Å². The van der Waals surface area contributed by atoms with Crippen molar-refractivity contribution in [2.45, 2.75) is 12.1 Å². The second kappa shape index (κ2) is 9.00. The van der Waals surface area contributed by atoms with E-state index in [1.807, 2.05) is 37.3 Å². The fourth-order valence-corrected chi connectivity index (χ4v) is 2.96. The fourth-order valence-electron chi connectivity index (χ4n) is 2.36. The molecule has 0 bridgehead atoms. The van der Waals surface area contributed by atoms with Crippen LogP contribution in [0.25, 0.3) is 11.4 Å².